The first-order valence-electron chi connectivity index (χ1n) is 6.63. The predicted molar refractivity (Wildman–Crippen MR) is 72.7 cm³/mol. The second-order valence-corrected chi connectivity index (χ2v) is 5.32. The van der Waals surface area contributed by atoms with E-state index in [9.17, 15) is 4.79 Å². The van der Waals surface area contributed by atoms with Crippen LogP contribution in [-0.2, 0) is 4.79 Å². The fourth-order valence-corrected chi connectivity index (χ4v) is 2.42. The number of nitrogens with two attached hydrogens (primary N) is 1. The highest BCUT2D eigenvalue weighted by Crippen LogP contribution is 2.35. The minimum atomic E-state index is -0.613. The van der Waals surface area contributed by atoms with Crippen molar-refractivity contribution >= 4 is 17.3 Å². The van der Waals surface area contributed by atoms with E-state index in [4.69, 9.17) is 5.73 Å². The molecular weight excluding hydrogens is 226 g/mol. The molecule has 1 heterocycles. The van der Waals surface area contributed by atoms with Crippen LogP contribution in [0.1, 0.15) is 25.7 Å². The van der Waals surface area contributed by atoms with E-state index >= 15 is 0 Å². The predicted octanol–water partition coefficient (Wildman–Crippen LogP) is 1.72. The first kappa shape index (κ1) is 11.5. The number of nitrogens with zero attached hydrogens (tertiary/aromatic N) is 1. The van der Waals surface area contributed by atoms with Crippen molar-refractivity contribution in [1.29, 1.82) is 0 Å². The Morgan fingerprint density at radius 3 is 2.56 bits per heavy atom. The van der Waals surface area contributed by atoms with E-state index in [1.165, 1.54) is 12.8 Å². The number of amides is 1. The van der Waals surface area contributed by atoms with Gasteiger partial charge in [0.2, 0.25) is 5.91 Å². The van der Waals surface area contributed by atoms with E-state index in [0.29, 0.717) is 0 Å². The van der Waals surface area contributed by atoms with Crippen molar-refractivity contribution in [3.8, 4) is 0 Å². The van der Waals surface area contributed by atoms with E-state index in [-0.39, 0.29) is 5.91 Å². The van der Waals surface area contributed by atoms with Crippen LogP contribution in [0.5, 0.6) is 0 Å². The summed E-state index contributed by atoms with van der Waals surface area (Å²) in [7, 11) is 0. The summed E-state index contributed by atoms with van der Waals surface area (Å²) in [6, 6.07) is 7.98. The molecule has 1 aliphatic carbocycles. The van der Waals surface area contributed by atoms with E-state index in [1.54, 1.807) is 0 Å². The lowest BCUT2D eigenvalue weighted by molar-refractivity contribution is -0.118. The minimum Gasteiger partial charge on any atom is -0.370 e. The smallest absolute Gasteiger partial charge is 0.244 e. The average Bonchev–Trinajstić information content (AvgIpc) is 2.93. The molecule has 1 aromatic carbocycles. The highest BCUT2D eigenvalue weighted by molar-refractivity contribution is 6.02. The van der Waals surface area contributed by atoms with E-state index in [2.05, 4.69) is 16.3 Å². The number of benzene rings is 1. The third-order valence-corrected chi connectivity index (χ3v) is 3.84. The van der Waals surface area contributed by atoms with Crippen LogP contribution in [0.15, 0.2) is 24.3 Å². The van der Waals surface area contributed by atoms with Gasteiger partial charge in [-0.2, -0.15) is 0 Å². The molecule has 2 aliphatic rings. The van der Waals surface area contributed by atoms with Crippen molar-refractivity contribution in [2.75, 3.05) is 23.3 Å². The molecule has 1 amide bonds. The van der Waals surface area contributed by atoms with Crippen molar-refractivity contribution in [2.24, 2.45) is 5.73 Å². The van der Waals surface area contributed by atoms with Gasteiger partial charge in [-0.25, -0.2) is 0 Å². The van der Waals surface area contributed by atoms with Crippen molar-refractivity contribution < 1.29 is 4.79 Å². The van der Waals surface area contributed by atoms with Crippen LogP contribution in [0.4, 0.5) is 11.4 Å². The third-order valence-electron chi connectivity index (χ3n) is 3.84. The van der Waals surface area contributed by atoms with Gasteiger partial charge in [0.05, 0.1) is 16.9 Å². The highest BCUT2D eigenvalue weighted by Gasteiger charge is 2.46. The molecule has 1 aliphatic heterocycles. The Bertz CT molecular complexity index is 462. The first-order valence-corrected chi connectivity index (χ1v) is 6.63. The van der Waals surface area contributed by atoms with Crippen LogP contribution in [0.3, 0.4) is 0 Å². The fourth-order valence-electron chi connectivity index (χ4n) is 2.42. The monoisotopic (exact) mass is 245 g/mol. The third kappa shape index (κ3) is 2.08. The second kappa shape index (κ2) is 4.28. The zero-order chi connectivity index (χ0) is 12.6. The van der Waals surface area contributed by atoms with E-state index in [1.807, 2.05) is 18.2 Å². The minimum absolute atomic E-state index is 0.0471. The number of hydrogen-bond donors (Lipinski definition) is 2. The van der Waals surface area contributed by atoms with Crippen molar-refractivity contribution in [3.05, 3.63) is 24.3 Å². The topological polar surface area (TPSA) is 58.4 Å². The van der Waals surface area contributed by atoms with Gasteiger partial charge in [-0.1, -0.05) is 12.1 Å². The summed E-state index contributed by atoms with van der Waals surface area (Å²) in [4.78, 5) is 14.3. The molecule has 1 saturated heterocycles. The lowest BCUT2D eigenvalue weighted by Crippen LogP contribution is -2.38. The molecule has 0 unspecified atom stereocenters. The Kier molecular flexibility index (Phi) is 2.74. The molecule has 0 spiro atoms. The Hall–Kier alpha value is -1.55. The van der Waals surface area contributed by atoms with Crippen LogP contribution in [0.2, 0.25) is 0 Å². The normalized spacial score (nSPS) is 20.8. The van der Waals surface area contributed by atoms with Gasteiger partial charge in [-0.3, -0.25) is 4.79 Å². The van der Waals surface area contributed by atoms with Gasteiger partial charge < -0.3 is 16.0 Å². The highest BCUT2D eigenvalue weighted by atomic mass is 16.2. The summed E-state index contributed by atoms with van der Waals surface area (Å²) in [5.41, 5.74) is 7.31. The largest absolute Gasteiger partial charge is 0.370 e. The van der Waals surface area contributed by atoms with Gasteiger partial charge >= 0.3 is 0 Å². The lowest BCUT2D eigenvalue weighted by atomic mass is 10.2. The number of para-hydroxylation sites is 2. The van der Waals surface area contributed by atoms with Crippen LogP contribution in [0, 0.1) is 0 Å². The van der Waals surface area contributed by atoms with Gasteiger partial charge in [0, 0.05) is 13.1 Å². The molecular formula is C14H19N3O. The molecule has 1 saturated carbocycles. The molecule has 96 valence electrons. The quantitative estimate of drug-likeness (QED) is 0.852. The molecule has 3 rings (SSSR count). The molecule has 4 nitrogen and oxygen atoms in total. The van der Waals surface area contributed by atoms with Crippen molar-refractivity contribution in [1.82, 2.24) is 0 Å². The summed E-state index contributed by atoms with van der Waals surface area (Å²) in [6.07, 6.45) is 4.04. The molecule has 0 aromatic heterocycles. The molecule has 0 radical (unpaired) electrons. The van der Waals surface area contributed by atoms with Gasteiger partial charge in [-0.15, -0.1) is 0 Å². The maximum Gasteiger partial charge on any atom is 0.244 e. The van der Waals surface area contributed by atoms with Crippen LogP contribution in [-0.4, -0.2) is 24.5 Å². The fraction of sp³-hybridized carbons (Fsp3) is 0.500. The van der Waals surface area contributed by atoms with E-state index < -0.39 is 5.54 Å². The molecule has 4 heteroatoms. The lowest BCUT2D eigenvalue weighted by Gasteiger charge is -2.22. The number of carbonyl (C=O) groups excluding carboxylic acids is 1. The summed E-state index contributed by atoms with van der Waals surface area (Å²) in [6.45, 7) is 2.14. The Morgan fingerprint density at radius 1 is 1.22 bits per heavy atom. The summed E-state index contributed by atoms with van der Waals surface area (Å²) in [5, 5.41) is 2.98. The number of nitrogens with one attached hydrogen (secondary N) is 1. The Labute approximate surface area is 107 Å². The molecule has 0 atom stereocenters. The number of carbonyl (C=O) groups is 1. The average molecular weight is 245 g/mol. The SMILES string of the molecule is NC1(C(=O)Nc2ccccc2N2CCCC2)CC1. The van der Waals surface area contributed by atoms with Crippen LogP contribution in [0.25, 0.3) is 0 Å². The number of hydrogen-bond acceptors (Lipinski definition) is 3. The van der Waals surface area contributed by atoms with Gasteiger partial charge in [-0.05, 0) is 37.8 Å². The van der Waals surface area contributed by atoms with Gasteiger partial charge in [0.15, 0.2) is 0 Å². The molecule has 0 bridgehead atoms. The zero-order valence-electron chi connectivity index (χ0n) is 10.5. The number of rotatable bonds is 3. The Morgan fingerprint density at radius 2 is 1.89 bits per heavy atom. The molecule has 1 aromatic rings. The zero-order valence-corrected chi connectivity index (χ0v) is 10.5. The van der Waals surface area contributed by atoms with Gasteiger partial charge in [0.25, 0.3) is 0 Å². The summed E-state index contributed by atoms with van der Waals surface area (Å²) in [5.74, 6) is -0.0471. The first-order chi connectivity index (χ1) is 8.69. The molecule has 3 N–H and O–H groups in total. The van der Waals surface area contributed by atoms with Crippen molar-refractivity contribution in [3.63, 3.8) is 0 Å². The molecule has 18 heavy (non-hydrogen) atoms. The van der Waals surface area contributed by atoms with E-state index in [0.717, 1.165) is 37.3 Å². The maximum atomic E-state index is 12.0. The van der Waals surface area contributed by atoms with Crippen LogP contribution < -0.4 is 16.0 Å². The molecule has 2 fully saturated rings. The maximum absolute atomic E-state index is 12.0. The Balaban J connectivity index is 1.80. The van der Waals surface area contributed by atoms with Crippen LogP contribution >= 0.6 is 0 Å². The number of anilines is 2. The van der Waals surface area contributed by atoms with Crippen molar-refractivity contribution in [2.45, 2.75) is 31.2 Å². The standard InChI is InChI=1S/C14H19N3O/c15-14(7-8-14)13(18)16-11-5-1-2-6-12(11)17-9-3-4-10-17/h1-2,5-6H,3-4,7-10,15H2,(H,16,18). The van der Waals surface area contributed by atoms with Gasteiger partial charge in [0.1, 0.15) is 0 Å². The summed E-state index contributed by atoms with van der Waals surface area (Å²) < 4.78 is 0. The summed E-state index contributed by atoms with van der Waals surface area (Å²) >= 11 is 0. The second-order valence-electron chi connectivity index (χ2n) is 5.32.